The Bertz CT molecular complexity index is 931. The number of benzene rings is 2. The van der Waals surface area contributed by atoms with E-state index in [4.69, 9.17) is 27.4 Å². The Morgan fingerprint density at radius 3 is 2.29 bits per heavy atom. The fourth-order valence-electron chi connectivity index (χ4n) is 2.31. The lowest BCUT2D eigenvalue weighted by molar-refractivity contribution is 0.193. The van der Waals surface area contributed by atoms with Crippen LogP contribution in [-0.2, 0) is 16.7 Å². The zero-order valence-corrected chi connectivity index (χ0v) is 18.1. The number of hydrogen-bond donors (Lipinski definition) is 1. The van der Waals surface area contributed by atoms with Gasteiger partial charge in [-0.15, -0.1) is 0 Å². The number of amides is 2. The van der Waals surface area contributed by atoms with Gasteiger partial charge < -0.3 is 14.4 Å². The van der Waals surface area contributed by atoms with E-state index in [1.807, 2.05) is 13.8 Å². The molecule has 0 aromatic heterocycles. The first-order chi connectivity index (χ1) is 13.1. The second kappa shape index (κ2) is 9.49. The molecule has 0 heterocycles. The van der Waals surface area contributed by atoms with Gasteiger partial charge in [0.1, 0.15) is 5.75 Å². The largest absolute Gasteiger partial charge is 0.382 e. The Morgan fingerprint density at radius 1 is 1.11 bits per heavy atom. The molecule has 0 aliphatic carbocycles. The maximum Gasteiger partial charge on any atom is 0.322 e. The molecule has 0 bridgehead atoms. The molecule has 0 fully saturated rings. The standard InChI is InChI=1S/C19H22Cl2N2O4S/c1-4-28(25,26)27-16-8-5-14(6-9-16)12-23(13(2)3)19(24)22-15-7-10-17(20)18(21)11-15/h5-11,13H,4,12H2,1-3H3,(H,22,24). The van der Waals surface area contributed by atoms with Gasteiger partial charge >= 0.3 is 16.1 Å². The summed E-state index contributed by atoms with van der Waals surface area (Å²) in [5, 5.41) is 3.57. The van der Waals surface area contributed by atoms with Crippen LogP contribution in [0.1, 0.15) is 26.3 Å². The number of carbonyl (C=O) groups is 1. The monoisotopic (exact) mass is 444 g/mol. The van der Waals surface area contributed by atoms with E-state index in [-0.39, 0.29) is 23.6 Å². The van der Waals surface area contributed by atoms with Gasteiger partial charge in [-0.25, -0.2) is 4.79 Å². The molecule has 0 aliphatic heterocycles. The highest BCUT2D eigenvalue weighted by molar-refractivity contribution is 7.87. The summed E-state index contributed by atoms with van der Waals surface area (Å²) >= 11 is 11.9. The van der Waals surface area contributed by atoms with Crippen LogP contribution in [0.15, 0.2) is 42.5 Å². The number of urea groups is 1. The highest BCUT2D eigenvalue weighted by atomic mass is 35.5. The summed E-state index contributed by atoms with van der Waals surface area (Å²) in [6.07, 6.45) is 0. The van der Waals surface area contributed by atoms with Gasteiger partial charge in [-0.3, -0.25) is 0 Å². The minimum Gasteiger partial charge on any atom is -0.382 e. The molecule has 0 unspecified atom stereocenters. The van der Waals surface area contributed by atoms with Gasteiger partial charge in [-0.1, -0.05) is 35.3 Å². The second-order valence-corrected chi connectivity index (χ2v) is 9.03. The summed E-state index contributed by atoms with van der Waals surface area (Å²) in [7, 11) is -3.57. The number of anilines is 1. The van der Waals surface area contributed by atoms with Crippen LogP contribution in [-0.4, -0.2) is 31.1 Å². The van der Waals surface area contributed by atoms with E-state index in [2.05, 4.69) is 5.32 Å². The Morgan fingerprint density at radius 2 is 1.75 bits per heavy atom. The van der Waals surface area contributed by atoms with E-state index < -0.39 is 10.1 Å². The molecule has 1 N–H and O–H groups in total. The van der Waals surface area contributed by atoms with Gasteiger partial charge in [-0.05, 0) is 56.7 Å². The fourth-order valence-corrected chi connectivity index (χ4v) is 3.13. The Hall–Kier alpha value is -1.96. The minimum absolute atomic E-state index is 0.0702. The molecule has 0 radical (unpaired) electrons. The number of hydrogen-bond acceptors (Lipinski definition) is 4. The number of nitrogens with one attached hydrogen (secondary N) is 1. The minimum atomic E-state index is -3.57. The van der Waals surface area contributed by atoms with Crippen molar-refractivity contribution in [2.75, 3.05) is 11.1 Å². The smallest absolute Gasteiger partial charge is 0.322 e. The highest BCUT2D eigenvalue weighted by Crippen LogP contribution is 2.25. The third-order valence-electron chi connectivity index (χ3n) is 3.91. The van der Waals surface area contributed by atoms with E-state index in [1.54, 1.807) is 47.4 Å². The molecule has 2 aromatic carbocycles. The van der Waals surface area contributed by atoms with Gasteiger partial charge in [-0.2, -0.15) is 8.42 Å². The van der Waals surface area contributed by atoms with Crippen molar-refractivity contribution in [2.24, 2.45) is 0 Å². The quantitative estimate of drug-likeness (QED) is 0.597. The second-order valence-electron chi connectivity index (χ2n) is 6.35. The lowest BCUT2D eigenvalue weighted by Gasteiger charge is -2.27. The van der Waals surface area contributed by atoms with Gasteiger partial charge in [0.05, 0.1) is 15.8 Å². The number of carbonyl (C=O) groups excluding carboxylic acids is 1. The SMILES string of the molecule is CCS(=O)(=O)Oc1ccc(CN(C(=O)Nc2ccc(Cl)c(Cl)c2)C(C)C)cc1. The Labute approximate surface area is 175 Å². The molecule has 6 nitrogen and oxygen atoms in total. The molecule has 0 spiro atoms. The van der Waals surface area contributed by atoms with Crippen LogP contribution in [0, 0.1) is 0 Å². The van der Waals surface area contributed by atoms with Crippen LogP contribution in [0.25, 0.3) is 0 Å². The van der Waals surface area contributed by atoms with Crippen molar-refractivity contribution in [3.05, 3.63) is 58.1 Å². The Kier molecular flexibility index (Phi) is 7.57. The van der Waals surface area contributed by atoms with Gasteiger partial charge in [0.2, 0.25) is 0 Å². The van der Waals surface area contributed by atoms with Crippen LogP contribution in [0.5, 0.6) is 5.75 Å². The van der Waals surface area contributed by atoms with E-state index in [1.165, 1.54) is 6.92 Å². The van der Waals surface area contributed by atoms with Gasteiger partial charge in [0.25, 0.3) is 0 Å². The summed E-state index contributed by atoms with van der Waals surface area (Å²) < 4.78 is 28.0. The third-order valence-corrected chi connectivity index (χ3v) is 5.80. The van der Waals surface area contributed by atoms with E-state index >= 15 is 0 Å². The molecule has 152 valence electrons. The fraction of sp³-hybridized carbons (Fsp3) is 0.316. The molecule has 28 heavy (non-hydrogen) atoms. The number of rotatable bonds is 7. The highest BCUT2D eigenvalue weighted by Gasteiger charge is 2.18. The molecule has 9 heteroatoms. The van der Waals surface area contributed by atoms with Crippen molar-refractivity contribution in [2.45, 2.75) is 33.4 Å². The normalized spacial score (nSPS) is 11.4. The predicted molar refractivity (Wildman–Crippen MR) is 113 cm³/mol. The summed E-state index contributed by atoms with van der Waals surface area (Å²) in [5.41, 5.74) is 1.37. The average molecular weight is 445 g/mol. The van der Waals surface area contributed by atoms with E-state index in [9.17, 15) is 13.2 Å². The van der Waals surface area contributed by atoms with Crippen LogP contribution in [0.3, 0.4) is 0 Å². The van der Waals surface area contributed by atoms with Crippen molar-refractivity contribution in [3.8, 4) is 5.75 Å². The number of nitrogens with zero attached hydrogens (tertiary/aromatic N) is 1. The molecular weight excluding hydrogens is 423 g/mol. The maximum atomic E-state index is 12.7. The van der Waals surface area contributed by atoms with Crippen LogP contribution >= 0.6 is 23.2 Å². The van der Waals surface area contributed by atoms with E-state index in [0.29, 0.717) is 22.3 Å². The third kappa shape index (κ3) is 6.29. The number of halogens is 2. The van der Waals surface area contributed by atoms with Gasteiger partial charge in [0.15, 0.2) is 0 Å². The van der Waals surface area contributed by atoms with Crippen LogP contribution < -0.4 is 9.50 Å². The molecule has 2 rings (SSSR count). The maximum absolute atomic E-state index is 12.7. The summed E-state index contributed by atoms with van der Waals surface area (Å²) in [6.45, 7) is 5.65. The lowest BCUT2D eigenvalue weighted by Crippen LogP contribution is -2.39. The molecule has 0 atom stereocenters. The van der Waals surface area contributed by atoms with Crippen molar-refractivity contribution in [1.29, 1.82) is 0 Å². The molecule has 0 aliphatic rings. The average Bonchev–Trinajstić information content (AvgIpc) is 2.63. The van der Waals surface area contributed by atoms with Crippen molar-refractivity contribution >= 4 is 45.0 Å². The summed E-state index contributed by atoms with van der Waals surface area (Å²) in [6, 6.07) is 11.1. The Balaban J connectivity index is 2.09. The van der Waals surface area contributed by atoms with E-state index in [0.717, 1.165) is 5.56 Å². The molecule has 2 aromatic rings. The van der Waals surface area contributed by atoms with Crippen molar-refractivity contribution in [3.63, 3.8) is 0 Å². The molecule has 0 saturated heterocycles. The lowest BCUT2D eigenvalue weighted by atomic mass is 10.2. The predicted octanol–water partition coefficient (Wildman–Crippen LogP) is 5.16. The first kappa shape index (κ1) is 22.3. The topological polar surface area (TPSA) is 75.7 Å². The zero-order chi connectivity index (χ0) is 20.9. The molecular formula is C19H22Cl2N2O4S. The zero-order valence-electron chi connectivity index (χ0n) is 15.8. The van der Waals surface area contributed by atoms with Crippen LogP contribution in [0.4, 0.5) is 10.5 Å². The first-order valence-electron chi connectivity index (χ1n) is 8.65. The molecule has 0 saturated carbocycles. The van der Waals surface area contributed by atoms with Crippen LogP contribution in [0.2, 0.25) is 10.0 Å². The summed E-state index contributed by atoms with van der Waals surface area (Å²) in [4.78, 5) is 14.3. The first-order valence-corrected chi connectivity index (χ1v) is 11.0. The van der Waals surface area contributed by atoms with Crippen molar-refractivity contribution < 1.29 is 17.4 Å². The van der Waals surface area contributed by atoms with Gasteiger partial charge in [0, 0.05) is 18.3 Å². The molecule has 2 amide bonds. The summed E-state index contributed by atoms with van der Waals surface area (Å²) in [5.74, 6) is 0.132. The van der Waals surface area contributed by atoms with Crippen molar-refractivity contribution in [1.82, 2.24) is 4.90 Å².